The SMILES string of the molecule is CC(CNCc1ccc(Cl)cc1[N+](=O)[O-])N(C)C. The van der Waals surface area contributed by atoms with Crippen molar-refractivity contribution in [2.24, 2.45) is 0 Å². The first kappa shape index (κ1) is 14.9. The lowest BCUT2D eigenvalue weighted by Gasteiger charge is -2.20. The van der Waals surface area contributed by atoms with E-state index in [9.17, 15) is 10.1 Å². The van der Waals surface area contributed by atoms with Gasteiger partial charge in [-0.05, 0) is 33.2 Å². The first-order chi connectivity index (χ1) is 8.41. The number of hydrogen-bond acceptors (Lipinski definition) is 4. The topological polar surface area (TPSA) is 58.4 Å². The lowest BCUT2D eigenvalue weighted by atomic mass is 10.1. The minimum absolute atomic E-state index is 0.0625. The second-order valence-electron chi connectivity index (χ2n) is 4.47. The Hall–Kier alpha value is -1.17. The molecule has 0 spiro atoms. The first-order valence-electron chi connectivity index (χ1n) is 5.71. The van der Waals surface area contributed by atoms with Crippen LogP contribution >= 0.6 is 11.6 Å². The Morgan fingerprint density at radius 3 is 2.72 bits per heavy atom. The Kier molecular flexibility index (Phi) is 5.53. The average molecular weight is 272 g/mol. The van der Waals surface area contributed by atoms with E-state index in [0.29, 0.717) is 23.2 Å². The summed E-state index contributed by atoms with van der Waals surface area (Å²) in [5, 5.41) is 14.5. The van der Waals surface area contributed by atoms with E-state index in [2.05, 4.69) is 17.1 Å². The van der Waals surface area contributed by atoms with Crippen molar-refractivity contribution < 1.29 is 4.92 Å². The summed E-state index contributed by atoms with van der Waals surface area (Å²) in [4.78, 5) is 12.6. The maximum atomic E-state index is 10.9. The molecule has 0 aliphatic heterocycles. The van der Waals surface area contributed by atoms with E-state index < -0.39 is 4.92 Å². The van der Waals surface area contributed by atoms with Gasteiger partial charge in [-0.1, -0.05) is 11.6 Å². The summed E-state index contributed by atoms with van der Waals surface area (Å²) in [6, 6.07) is 5.11. The fourth-order valence-corrected chi connectivity index (χ4v) is 1.62. The van der Waals surface area contributed by atoms with Gasteiger partial charge in [-0.15, -0.1) is 0 Å². The van der Waals surface area contributed by atoms with Crippen LogP contribution in [0, 0.1) is 10.1 Å². The standard InChI is InChI=1S/C12H18ClN3O2/c1-9(15(2)3)7-14-8-10-4-5-11(13)6-12(10)16(17)18/h4-6,9,14H,7-8H2,1-3H3. The highest BCUT2D eigenvalue weighted by Crippen LogP contribution is 2.22. The summed E-state index contributed by atoms with van der Waals surface area (Å²) in [5.41, 5.74) is 0.711. The highest BCUT2D eigenvalue weighted by atomic mass is 35.5. The van der Waals surface area contributed by atoms with E-state index in [-0.39, 0.29) is 5.69 Å². The Labute approximate surface area is 112 Å². The number of nitrogens with one attached hydrogen (secondary N) is 1. The van der Waals surface area contributed by atoms with E-state index in [0.717, 1.165) is 6.54 Å². The van der Waals surface area contributed by atoms with Gasteiger partial charge in [0.1, 0.15) is 0 Å². The Bertz CT molecular complexity index is 424. The number of nitrogens with zero attached hydrogens (tertiary/aromatic N) is 2. The Morgan fingerprint density at radius 1 is 1.50 bits per heavy atom. The summed E-state index contributed by atoms with van der Waals surface area (Å²) in [6.07, 6.45) is 0. The van der Waals surface area contributed by atoms with E-state index in [4.69, 9.17) is 11.6 Å². The molecule has 0 aliphatic carbocycles. The number of nitro groups is 1. The van der Waals surface area contributed by atoms with E-state index in [1.807, 2.05) is 14.1 Å². The zero-order valence-corrected chi connectivity index (χ0v) is 11.6. The van der Waals surface area contributed by atoms with Crippen molar-refractivity contribution in [1.29, 1.82) is 0 Å². The van der Waals surface area contributed by atoms with Crippen molar-refractivity contribution in [2.45, 2.75) is 19.5 Å². The van der Waals surface area contributed by atoms with Crippen LogP contribution in [0.25, 0.3) is 0 Å². The van der Waals surface area contributed by atoms with E-state index in [1.165, 1.54) is 6.07 Å². The molecule has 1 aromatic rings. The molecule has 0 heterocycles. The van der Waals surface area contributed by atoms with Gasteiger partial charge in [0, 0.05) is 35.8 Å². The second kappa shape index (κ2) is 6.68. The molecule has 1 N–H and O–H groups in total. The molecule has 6 heteroatoms. The Morgan fingerprint density at radius 2 is 2.17 bits per heavy atom. The number of hydrogen-bond donors (Lipinski definition) is 1. The average Bonchev–Trinajstić information content (AvgIpc) is 2.30. The molecule has 0 bridgehead atoms. The zero-order valence-electron chi connectivity index (χ0n) is 10.8. The summed E-state index contributed by atoms with van der Waals surface area (Å²) >= 11 is 5.76. The Balaban J connectivity index is 2.65. The van der Waals surface area contributed by atoms with Gasteiger partial charge in [0.15, 0.2) is 0 Å². The molecule has 1 unspecified atom stereocenters. The van der Waals surface area contributed by atoms with Crippen molar-refractivity contribution >= 4 is 17.3 Å². The number of likely N-dealkylation sites (N-methyl/N-ethyl adjacent to an activating group) is 1. The predicted molar refractivity (Wildman–Crippen MR) is 73.0 cm³/mol. The van der Waals surface area contributed by atoms with Crippen LogP contribution in [0.4, 0.5) is 5.69 Å². The van der Waals surface area contributed by atoms with Gasteiger partial charge in [-0.25, -0.2) is 0 Å². The van der Waals surface area contributed by atoms with Crippen LogP contribution in [0.15, 0.2) is 18.2 Å². The molecule has 0 fully saturated rings. The van der Waals surface area contributed by atoms with Gasteiger partial charge in [-0.2, -0.15) is 0 Å². The van der Waals surface area contributed by atoms with Crippen LogP contribution in [0.3, 0.4) is 0 Å². The third kappa shape index (κ3) is 4.25. The smallest absolute Gasteiger partial charge is 0.275 e. The minimum Gasteiger partial charge on any atom is -0.311 e. The fraction of sp³-hybridized carbons (Fsp3) is 0.500. The maximum absolute atomic E-state index is 10.9. The summed E-state index contributed by atoms with van der Waals surface area (Å²) in [5.74, 6) is 0. The molecule has 100 valence electrons. The van der Waals surface area contributed by atoms with E-state index >= 15 is 0 Å². The maximum Gasteiger partial charge on any atom is 0.275 e. The molecular weight excluding hydrogens is 254 g/mol. The van der Waals surface area contributed by atoms with Crippen LogP contribution < -0.4 is 5.32 Å². The minimum atomic E-state index is -0.404. The van der Waals surface area contributed by atoms with Crippen molar-refractivity contribution in [3.05, 3.63) is 38.9 Å². The van der Waals surface area contributed by atoms with Gasteiger partial charge in [-0.3, -0.25) is 10.1 Å². The molecule has 18 heavy (non-hydrogen) atoms. The third-order valence-corrected chi connectivity index (χ3v) is 3.12. The molecule has 0 aliphatic rings. The van der Waals surface area contributed by atoms with E-state index in [1.54, 1.807) is 12.1 Å². The summed E-state index contributed by atoms with van der Waals surface area (Å²) in [7, 11) is 3.99. The molecule has 1 rings (SSSR count). The highest BCUT2D eigenvalue weighted by Gasteiger charge is 2.14. The molecule has 1 aromatic carbocycles. The van der Waals surface area contributed by atoms with Crippen LogP contribution in [0.1, 0.15) is 12.5 Å². The molecule has 5 nitrogen and oxygen atoms in total. The van der Waals surface area contributed by atoms with Crippen molar-refractivity contribution in [1.82, 2.24) is 10.2 Å². The molecule has 0 aromatic heterocycles. The van der Waals surface area contributed by atoms with Crippen LogP contribution in [-0.4, -0.2) is 36.5 Å². The normalized spacial score (nSPS) is 12.7. The lowest BCUT2D eigenvalue weighted by molar-refractivity contribution is -0.385. The molecule has 1 atom stereocenters. The number of rotatable bonds is 6. The first-order valence-corrected chi connectivity index (χ1v) is 6.09. The molecule has 0 saturated carbocycles. The highest BCUT2D eigenvalue weighted by molar-refractivity contribution is 6.30. The van der Waals surface area contributed by atoms with Gasteiger partial charge < -0.3 is 10.2 Å². The molecule has 0 radical (unpaired) electrons. The monoisotopic (exact) mass is 271 g/mol. The van der Waals surface area contributed by atoms with Crippen molar-refractivity contribution in [3.63, 3.8) is 0 Å². The molecule has 0 amide bonds. The van der Waals surface area contributed by atoms with Crippen molar-refractivity contribution in [3.8, 4) is 0 Å². The van der Waals surface area contributed by atoms with Crippen molar-refractivity contribution in [2.75, 3.05) is 20.6 Å². The van der Waals surface area contributed by atoms with Crippen LogP contribution in [0.5, 0.6) is 0 Å². The predicted octanol–water partition coefficient (Wildman–Crippen LogP) is 2.29. The second-order valence-corrected chi connectivity index (χ2v) is 4.91. The molecular formula is C12H18ClN3O2. The number of benzene rings is 1. The largest absolute Gasteiger partial charge is 0.311 e. The number of nitro benzene ring substituents is 1. The quantitative estimate of drug-likeness (QED) is 0.637. The van der Waals surface area contributed by atoms with Gasteiger partial charge in [0.2, 0.25) is 0 Å². The summed E-state index contributed by atoms with van der Waals surface area (Å²) < 4.78 is 0. The van der Waals surface area contributed by atoms with Gasteiger partial charge >= 0.3 is 0 Å². The van der Waals surface area contributed by atoms with Crippen LogP contribution in [-0.2, 0) is 6.54 Å². The number of halogens is 1. The molecule has 0 saturated heterocycles. The third-order valence-electron chi connectivity index (χ3n) is 2.88. The van der Waals surface area contributed by atoms with Crippen LogP contribution in [0.2, 0.25) is 5.02 Å². The fourth-order valence-electron chi connectivity index (χ4n) is 1.45. The lowest BCUT2D eigenvalue weighted by Crippen LogP contribution is -2.35. The van der Waals surface area contributed by atoms with Gasteiger partial charge in [0.05, 0.1) is 4.92 Å². The summed E-state index contributed by atoms with van der Waals surface area (Å²) in [6.45, 7) is 3.32. The van der Waals surface area contributed by atoms with Gasteiger partial charge in [0.25, 0.3) is 5.69 Å². The zero-order chi connectivity index (χ0) is 13.7.